The summed E-state index contributed by atoms with van der Waals surface area (Å²) in [6, 6.07) is 7.00. The Morgan fingerprint density at radius 1 is 1.31 bits per heavy atom. The van der Waals surface area contributed by atoms with Crippen molar-refractivity contribution in [3.63, 3.8) is 0 Å². The van der Waals surface area contributed by atoms with Gasteiger partial charge in [0, 0.05) is 30.1 Å². The van der Waals surface area contributed by atoms with Crippen LogP contribution in [0.5, 0.6) is 0 Å². The summed E-state index contributed by atoms with van der Waals surface area (Å²) < 4.78 is 29.9. The van der Waals surface area contributed by atoms with Crippen molar-refractivity contribution in [2.75, 3.05) is 6.54 Å². The van der Waals surface area contributed by atoms with E-state index in [9.17, 15) is 8.78 Å². The van der Waals surface area contributed by atoms with Crippen LogP contribution in [-0.4, -0.2) is 21.8 Å². The molecule has 0 saturated heterocycles. The fourth-order valence-electron chi connectivity index (χ4n) is 2.35. The van der Waals surface area contributed by atoms with Crippen LogP contribution in [0.15, 0.2) is 64.5 Å². The van der Waals surface area contributed by atoms with Crippen molar-refractivity contribution in [1.29, 1.82) is 0 Å². The van der Waals surface area contributed by atoms with E-state index < -0.39 is 12.3 Å². The number of rotatable bonds is 6. The number of hydrogen-bond donors (Lipinski definition) is 3. The number of aromatic nitrogens is 2. The Kier molecular flexibility index (Phi) is 5.28. The molecule has 1 aromatic carbocycles. The van der Waals surface area contributed by atoms with Gasteiger partial charge in [-0.1, -0.05) is 24.3 Å². The first-order valence-electron chi connectivity index (χ1n) is 7.83. The van der Waals surface area contributed by atoms with Gasteiger partial charge in [-0.2, -0.15) is 8.78 Å². The van der Waals surface area contributed by atoms with Gasteiger partial charge >= 0.3 is 6.43 Å². The zero-order valence-corrected chi connectivity index (χ0v) is 13.8. The highest BCUT2D eigenvalue weighted by molar-refractivity contribution is 5.53. The molecule has 0 atom stereocenters. The van der Waals surface area contributed by atoms with Crippen LogP contribution in [0.1, 0.15) is 17.9 Å². The molecule has 7 nitrogen and oxygen atoms in total. The summed E-state index contributed by atoms with van der Waals surface area (Å²) in [7, 11) is 0. The van der Waals surface area contributed by atoms with Crippen LogP contribution in [0.3, 0.4) is 0 Å². The number of hydrogen-bond acceptors (Lipinski definition) is 7. The molecule has 0 saturated carbocycles. The highest BCUT2D eigenvalue weighted by Crippen LogP contribution is 2.23. The van der Waals surface area contributed by atoms with Crippen LogP contribution >= 0.6 is 0 Å². The van der Waals surface area contributed by atoms with Gasteiger partial charge in [0.2, 0.25) is 5.89 Å². The lowest BCUT2D eigenvalue weighted by Crippen LogP contribution is -2.26. The Hall–Kier alpha value is -3.20. The van der Waals surface area contributed by atoms with Crippen LogP contribution in [0.2, 0.25) is 0 Å². The number of nitrogens with two attached hydrogens (primary N) is 2. The van der Waals surface area contributed by atoms with Crippen molar-refractivity contribution in [2.45, 2.75) is 13.0 Å². The monoisotopic (exact) mass is 360 g/mol. The second-order valence-electron chi connectivity index (χ2n) is 5.61. The van der Waals surface area contributed by atoms with Crippen LogP contribution in [0.25, 0.3) is 11.5 Å². The summed E-state index contributed by atoms with van der Waals surface area (Å²) in [5.74, 6) is 5.33. The molecule has 0 amide bonds. The second kappa shape index (κ2) is 7.79. The number of dihydropyridines is 1. The minimum atomic E-state index is -2.79. The normalized spacial score (nSPS) is 14.3. The summed E-state index contributed by atoms with van der Waals surface area (Å²) in [4.78, 5) is 0. The molecule has 1 aliphatic rings. The van der Waals surface area contributed by atoms with Crippen molar-refractivity contribution in [2.24, 2.45) is 11.6 Å². The van der Waals surface area contributed by atoms with Gasteiger partial charge in [-0.3, -0.25) is 0 Å². The third-order valence-corrected chi connectivity index (χ3v) is 3.62. The molecule has 0 spiro atoms. The minimum absolute atomic E-state index is 0.0455. The van der Waals surface area contributed by atoms with Crippen molar-refractivity contribution in [1.82, 2.24) is 20.5 Å². The standard InChI is InChI=1S/C17H18F2N6O/c18-15(19)17-24-23-16(26-17)12-5-3-11(4-6-12)9-25(21)10-14(20)13-2-1-7-22-8-13/h1-6,8,10,15,22H,7,9,20-21H2/b14-10-. The van der Waals surface area contributed by atoms with Crippen LogP contribution < -0.4 is 16.9 Å². The number of nitrogens with zero attached hydrogens (tertiary/aromatic N) is 3. The highest BCUT2D eigenvalue weighted by atomic mass is 19.3. The topological polar surface area (TPSA) is 106 Å². The van der Waals surface area contributed by atoms with E-state index in [1.54, 1.807) is 30.5 Å². The van der Waals surface area contributed by atoms with Crippen molar-refractivity contribution in [3.05, 3.63) is 71.5 Å². The molecule has 2 aromatic rings. The molecule has 0 bridgehead atoms. The third-order valence-electron chi connectivity index (χ3n) is 3.62. The van der Waals surface area contributed by atoms with Gasteiger partial charge in [0.15, 0.2) is 0 Å². The predicted molar refractivity (Wildman–Crippen MR) is 91.9 cm³/mol. The lowest BCUT2D eigenvalue weighted by molar-refractivity contribution is 0.116. The summed E-state index contributed by atoms with van der Waals surface area (Å²) in [5.41, 5.74) is 8.87. The molecule has 0 radical (unpaired) electrons. The molecule has 0 unspecified atom stereocenters. The quantitative estimate of drug-likeness (QED) is 0.535. The maximum atomic E-state index is 12.5. The summed E-state index contributed by atoms with van der Waals surface area (Å²) in [6.07, 6.45) is 4.56. The molecule has 3 rings (SSSR count). The maximum Gasteiger partial charge on any atom is 0.314 e. The summed E-state index contributed by atoms with van der Waals surface area (Å²) in [5, 5.41) is 11.5. The van der Waals surface area contributed by atoms with Gasteiger partial charge in [-0.25, -0.2) is 5.84 Å². The number of allylic oxidation sites excluding steroid dienone is 1. The fourth-order valence-corrected chi connectivity index (χ4v) is 2.35. The van der Waals surface area contributed by atoms with E-state index in [0.717, 1.165) is 17.7 Å². The van der Waals surface area contributed by atoms with Crippen LogP contribution in [0, 0.1) is 0 Å². The molecule has 1 aromatic heterocycles. The molecular weight excluding hydrogens is 342 g/mol. The lowest BCUT2D eigenvalue weighted by Gasteiger charge is -2.16. The van der Waals surface area contributed by atoms with Gasteiger partial charge in [-0.15, -0.1) is 10.2 Å². The summed E-state index contributed by atoms with van der Waals surface area (Å²) in [6.45, 7) is 1.19. The van der Waals surface area contributed by atoms with Gasteiger partial charge < -0.3 is 20.5 Å². The van der Waals surface area contributed by atoms with E-state index >= 15 is 0 Å². The van der Waals surface area contributed by atoms with E-state index in [-0.39, 0.29) is 5.89 Å². The molecule has 2 heterocycles. The zero-order valence-electron chi connectivity index (χ0n) is 13.8. The van der Waals surface area contributed by atoms with Crippen molar-refractivity contribution >= 4 is 0 Å². The molecule has 5 N–H and O–H groups in total. The summed E-state index contributed by atoms with van der Waals surface area (Å²) >= 11 is 0. The number of alkyl halides is 2. The lowest BCUT2D eigenvalue weighted by atomic mass is 10.1. The zero-order chi connectivity index (χ0) is 18.5. The Morgan fingerprint density at radius 3 is 2.69 bits per heavy atom. The van der Waals surface area contributed by atoms with E-state index in [1.165, 1.54) is 5.01 Å². The number of nitrogens with one attached hydrogen (secondary N) is 1. The number of halogens is 2. The van der Waals surface area contributed by atoms with Gasteiger partial charge in [-0.05, 0) is 17.7 Å². The first-order valence-corrected chi connectivity index (χ1v) is 7.83. The SMILES string of the molecule is N/C(=C\N(N)Cc1ccc(-c2nnc(C(F)F)o2)cc1)C1=CNCC=C1. The molecule has 26 heavy (non-hydrogen) atoms. The second-order valence-corrected chi connectivity index (χ2v) is 5.61. The van der Waals surface area contributed by atoms with Gasteiger partial charge in [0.25, 0.3) is 5.89 Å². The van der Waals surface area contributed by atoms with Crippen LogP contribution in [-0.2, 0) is 6.54 Å². The van der Waals surface area contributed by atoms with E-state index in [4.69, 9.17) is 16.0 Å². The molecule has 0 fully saturated rings. The average molecular weight is 360 g/mol. The van der Waals surface area contributed by atoms with Crippen LogP contribution in [0.4, 0.5) is 8.78 Å². The average Bonchev–Trinajstić information content (AvgIpc) is 3.13. The van der Waals surface area contributed by atoms with Crippen molar-refractivity contribution < 1.29 is 13.2 Å². The van der Waals surface area contributed by atoms with Crippen molar-refractivity contribution in [3.8, 4) is 11.5 Å². The highest BCUT2D eigenvalue weighted by Gasteiger charge is 2.16. The Balaban J connectivity index is 1.65. The number of hydrazine groups is 1. The molecule has 9 heteroatoms. The smallest absolute Gasteiger partial charge is 0.314 e. The third kappa shape index (κ3) is 4.25. The maximum absolute atomic E-state index is 12.5. The predicted octanol–water partition coefficient (Wildman–Crippen LogP) is 2.19. The minimum Gasteiger partial charge on any atom is -0.415 e. The molecular formula is C17H18F2N6O. The van der Waals surface area contributed by atoms with E-state index in [2.05, 4.69) is 15.5 Å². The first kappa shape index (κ1) is 17.6. The van der Waals surface area contributed by atoms with Gasteiger partial charge in [0.1, 0.15) is 0 Å². The molecule has 136 valence electrons. The number of benzene rings is 1. The Bertz CT molecular complexity index is 841. The first-order chi connectivity index (χ1) is 12.5. The largest absolute Gasteiger partial charge is 0.415 e. The Labute approximate surface area is 148 Å². The van der Waals surface area contributed by atoms with Gasteiger partial charge in [0.05, 0.1) is 12.2 Å². The fraction of sp³-hybridized carbons (Fsp3) is 0.176. The van der Waals surface area contributed by atoms with E-state index in [1.807, 2.05) is 18.4 Å². The molecule has 1 aliphatic heterocycles. The van der Waals surface area contributed by atoms with E-state index in [0.29, 0.717) is 17.8 Å². The molecule has 0 aliphatic carbocycles. The Morgan fingerprint density at radius 2 is 2.08 bits per heavy atom.